The van der Waals surface area contributed by atoms with Crippen molar-refractivity contribution in [3.05, 3.63) is 36.5 Å². The van der Waals surface area contributed by atoms with Crippen LogP contribution in [-0.4, -0.2) is 29.7 Å². The molecule has 1 aliphatic rings. The lowest BCUT2D eigenvalue weighted by atomic mass is 9.92. The predicted molar refractivity (Wildman–Crippen MR) is 89.9 cm³/mol. The maximum absolute atomic E-state index is 4.64. The van der Waals surface area contributed by atoms with Gasteiger partial charge in [0.1, 0.15) is 0 Å². The number of benzene rings is 1. The molecule has 21 heavy (non-hydrogen) atoms. The molecule has 1 aliphatic heterocycles. The van der Waals surface area contributed by atoms with Gasteiger partial charge in [-0.25, -0.2) is 0 Å². The van der Waals surface area contributed by atoms with Crippen LogP contribution in [0.25, 0.3) is 10.9 Å². The van der Waals surface area contributed by atoms with Gasteiger partial charge in [0, 0.05) is 30.1 Å². The Hall–Kier alpha value is -1.61. The Bertz CT molecular complexity index is 625. The first-order valence-corrected chi connectivity index (χ1v) is 8.01. The molecule has 2 heterocycles. The molecule has 1 saturated heterocycles. The molecular weight excluding hydrogens is 258 g/mol. The number of nitrogens with zero attached hydrogens (tertiary/aromatic N) is 2. The van der Waals surface area contributed by atoms with Crippen molar-refractivity contribution in [1.29, 1.82) is 0 Å². The molecule has 0 bridgehead atoms. The molecular formula is C18H25N3. The smallest absolute Gasteiger partial charge is 0.0703 e. The van der Waals surface area contributed by atoms with Gasteiger partial charge < -0.3 is 10.2 Å². The highest BCUT2D eigenvalue weighted by molar-refractivity contribution is 5.81. The van der Waals surface area contributed by atoms with Gasteiger partial charge in [-0.15, -0.1) is 0 Å². The van der Waals surface area contributed by atoms with E-state index in [4.69, 9.17) is 0 Å². The van der Waals surface area contributed by atoms with Crippen LogP contribution in [0, 0.1) is 0 Å². The van der Waals surface area contributed by atoms with Gasteiger partial charge in [-0.3, -0.25) is 4.98 Å². The van der Waals surface area contributed by atoms with Crippen LogP contribution in [0.1, 0.15) is 33.6 Å². The molecule has 1 aromatic heterocycles. The third-order valence-electron chi connectivity index (χ3n) is 4.88. The summed E-state index contributed by atoms with van der Waals surface area (Å²) in [5, 5.41) is 4.94. The highest BCUT2D eigenvalue weighted by Gasteiger charge is 2.33. The molecule has 0 saturated carbocycles. The standard InChI is InChI=1S/C18H25N3/c1-4-15-12-20-18(3,5-2)13-21(15)16-10-14-8-6-7-9-17(14)19-11-16/h6-11,15,20H,4-5,12-13H2,1-3H3. The number of hydrogen-bond acceptors (Lipinski definition) is 3. The largest absolute Gasteiger partial charge is 0.364 e. The summed E-state index contributed by atoms with van der Waals surface area (Å²) in [7, 11) is 0. The summed E-state index contributed by atoms with van der Waals surface area (Å²) in [6, 6.07) is 11.2. The van der Waals surface area contributed by atoms with Gasteiger partial charge in [-0.2, -0.15) is 0 Å². The number of pyridine rings is 1. The molecule has 3 nitrogen and oxygen atoms in total. The number of hydrogen-bond donors (Lipinski definition) is 1. The number of piperazine rings is 1. The zero-order valence-electron chi connectivity index (χ0n) is 13.3. The van der Waals surface area contributed by atoms with Gasteiger partial charge in [0.05, 0.1) is 17.4 Å². The van der Waals surface area contributed by atoms with E-state index in [1.54, 1.807) is 0 Å². The summed E-state index contributed by atoms with van der Waals surface area (Å²) >= 11 is 0. The SMILES string of the molecule is CCC1CNC(C)(CC)CN1c1cnc2ccccc2c1. The quantitative estimate of drug-likeness (QED) is 0.933. The lowest BCUT2D eigenvalue weighted by Crippen LogP contribution is -2.62. The van der Waals surface area contributed by atoms with Crippen LogP contribution in [-0.2, 0) is 0 Å². The van der Waals surface area contributed by atoms with E-state index in [0.29, 0.717) is 6.04 Å². The minimum atomic E-state index is 0.192. The van der Waals surface area contributed by atoms with Gasteiger partial charge in [0.25, 0.3) is 0 Å². The fraction of sp³-hybridized carbons (Fsp3) is 0.500. The van der Waals surface area contributed by atoms with Crippen molar-refractivity contribution in [1.82, 2.24) is 10.3 Å². The fourth-order valence-electron chi connectivity index (χ4n) is 3.16. The highest BCUT2D eigenvalue weighted by atomic mass is 15.3. The zero-order valence-corrected chi connectivity index (χ0v) is 13.3. The van der Waals surface area contributed by atoms with E-state index in [2.05, 4.69) is 60.2 Å². The predicted octanol–water partition coefficient (Wildman–Crippen LogP) is 3.59. The molecule has 2 aromatic rings. The lowest BCUT2D eigenvalue weighted by molar-refractivity contribution is 0.276. The molecule has 0 aliphatic carbocycles. The minimum absolute atomic E-state index is 0.192. The topological polar surface area (TPSA) is 28.2 Å². The summed E-state index contributed by atoms with van der Waals surface area (Å²) in [5.41, 5.74) is 2.52. The third kappa shape index (κ3) is 2.75. The summed E-state index contributed by atoms with van der Waals surface area (Å²) in [5.74, 6) is 0. The molecule has 0 radical (unpaired) electrons. The van der Waals surface area contributed by atoms with Crippen molar-refractivity contribution in [3.63, 3.8) is 0 Å². The zero-order chi connectivity index (χ0) is 14.9. The van der Waals surface area contributed by atoms with Crippen LogP contribution in [0.2, 0.25) is 0 Å². The first kappa shape index (κ1) is 14.3. The Balaban J connectivity index is 1.97. The van der Waals surface area contributed by atoms with E-state index >= 15 is 0 Å². The van der Waals surface area contributed by atoms with Gasteiger partial charge in [0.15, 0.2) is 0 Å². The van der Waals surface area contributed by atoms with E-state index in [-0.39, 0.29) is 5.54 Å². The second kappa shape index (κ2) is 5.64. The van der Waals surface area contributed by atoms with Crippen LogP contribution in [0.4, 0.5) is 5.69 Å². The van der Waals surface area contributed by atoms with E-state index in [1.165, 1.54) is 11.1 Å². The molecule has 3 heteroatoms. The van der Waals surface area contributed by atoms with E-state index in [1.807, 2.05) is 12.3 Å². The molecule has 1 aromatic carbocycles. The number of aromatic nitrogens is 1. The molecule has 1 N–H and O–H groups in total. The van der Waals surface area contributed by atoms with Crippen molar-refractivity contribution in [2.45, 2.75) is 45.2 Å². The number of fused-ring (bicyclic) bond motifs is 1. The van der Waals surface area contributed by atoms with Crippen LogP contribution in [0.3, 0.4) is 0 Å². The van der Waals surface area contributed by atoms with Crippen LogP contribution < -0.4 is 10.2 Å². The fourth-order valence-corrected chi connectivity index (χ4v) is 3.16. The molecule has 2 unspecified atom stereocenters. The highest BCUT2D eigenvalue weighted by Crippen LogP contribution is 2.28. The third-order valence-corrected chi connectivity index (χ3v) is 4.88. The number of para-hydroxylation sites is 1. The van der Waals surface area contributed by atoms with E-state index in [0.717, 1.165) is 31.4 Å². The van der Waals surface area contributed by atoms with Crippen LogP contribution >= 0.6 is 0 Å². The van der Waals surface area contributed by atoms with Crippen LogP contribution in [0.5, 0.6) is 0 Å². The van der Waals surface area contributed by atoms with Crippen molar-refractivity contribution >= 4 is 16.6 Å². The molecule has 0 amide bonds. The van der Waals surface area contributed by atoms with E-state index < -0.39 is 0 Å². The average molecular weight is 283 g/mol. The minimum Gasteiger partial charge on any atom is -0.364 e. The Kier molecular flexibility index (Phi) is 3.85. The van der Waals surface area contributed by atoms with Gasteiger partial charge >= 0.3 is 0 Å². The Labute approximate surface area is 127 Å². The summed E-state index contributed by atoms with van der Waals surface area (Å²) in [4.78, 5) is 7.18. The number of rotatable bonds is 3. The summed E-state index contributed by atoms with van der Waals surface area (Å²) < 4.78 is 0. The van der Waals surface area contributed by atoms with Gasteiger partial charge in [0.2, 0.25) is 0 Å². The second-order valence-electron chi connectivity index (χ2n) is 6.37. The Morgan fingerprint density at radius 2 is 2.14 bits per heavy atom. The van der Waals surface area contributed by atoms with E-state index in [9.17, 15) is 0 Å². The van der Waals surface area contributed by atoms with Crippen molar-refractivity contribution in [2.75, 3.05) is 18.0 Å². The maximum atomic E-state index is 4.64. The first-order valence-electron chi connectivity index (χ1n) is 8.01. The first-order chi connectivity index (χ1) is 10.1. The average Bonchev–Trinajstić information content (AvgIpc) is 2.54. The van der Waals surface area contributed by atoms with Crippen molar-refractivity contribution < 1.29 is 0 Å². The summed E-state index contributed by atoms with van der Waals surface area (Å²) in [6.45, 7) is 8.94. The maximum Gasteiger partial charge on any atom is 0.0703 e. The molecule has 2 atom stereocenters. The van der Waals surface area contributed by atoms with Gasteiger partial charge in [-0.05, 0) is 31.9 Å². The van der Waals surface area contributed by atoms with Crippen LogP contribution in [0.15, 0.2) is 36.5 Å². The lowest BCUT2D eigenvalue weighted by Gasteiger charge is -2.47. The molecule has 1 fully saturated rings. The second-order valence-corrected chi connectivity index (χ2v) is 6.37. The van der Waals surface area contributed by atoms with Gasteiger partial charge in [-0.1, -0.05) is 32.0 Å². The monoisotopic (exact) mass is 283 g/mol. The number of anilines is 1. The van der Waals surface area contributed by atoms with Crippen molar-refractivity contribution in [2.24, 2.45) is 0 Å². The molecule has 112 valence electrons. The number of nitrogens with one attached hydrogen (secondary N) is 1. The Morgan fingerprint density at radius 1 is 1.33 bits per heavy atom. The molecule has 3 rings (SSSR count). The normalized spacial score (nSPS) is 26.2. The summed E-state index contributed by atoms with van der Waals surface area (Å²) in [6.07, 6.45) is 4.33. The van der Waals surface area contributed by atoms with Crippen molar-refractivity contribution in [3.8, 4) is 0 Å². The molecule has 0 spiro atoms. The Morgan fingerprint density at radius 3 is 2.90 bits per heavy atom.